The van der Waals surface area contributed by atoms with Crippen LogP contribution >= 0.6 is 0 Å². The second kappa shape index (κ2) is 2.55. The zero-order chi connectivity index (χ0) is 8.72. The normalized spacial score (nSPS) is 28.6. The van der Waals surface area contributed by atoms with Crippen molar-refractivity contribution in [2.24, 2.45) is 7.05 Å². The Labute approximate surface area is 71.2 Å². The maximum absolute atomic E-state index is 9.41. The van der Waals surface area contributed by atoms with Crippen molar-refractivity contribution in [3.63, 3.8) is 0 Å². The van der Waals surface area contributed by atoms with Gasteiger partial charge in [-0.1, -0.05) is 0 Å². The first-order valence-electron chi connectivity index (χ1n) is 4.24. The van der Waals surface area contributed by atoms with Crippen LogP contribution < -0.4 is 0 Å². The summed E-state index contributed by atoms with van der Waals surface area (Å²) >= 11 is 0. The summed E-state index contributed by atoms with van der Waals surface area (Å²) in [5.74, 6) is 2.05. The molecule has 1 heterocycles. The van der Waals surface area contributed by atoms with E-state index in [0.29, 0.717) is 0 Å². The van der Waals surface area contributed by atoms with E-state index in [1.54, 1.807) is 0 Å². The molecule has 12 heavy (non-hydrogen) atoms. The number of nitrogens with zero attached hydrogens (tertiary/aromatic N) is 3. The summed E-state index contributed by atoms with van der Waals surface area (Å²) in [6.45, 7) is 1.92. The molecular weight excluding hydrogens is 154 g/mol. The van der Waals surface area contributed by atoms with Crippen LogP contribution in [0.4, 0.5) is 0 Å². The fourth-order valence-electron chi connectivity index (χ4n) is 1.53. The molecule has 1 aromatic heterocycles. The third kappa shape index (κ3) is 0.948. The molecule has 1 saturated carbocycles. The number of aliphatic hydroxyl groups is 1. The van der Waals surface area contributed by atoms with Crippen molar-refractivity contribution in [1.29, 1.82) is 0 Å². The quantitative estimate of drug-likeness (QED) is 0.657. The van der Waals surface area contributed by atoms with Gasteiger partial charge in [0, 0.05) is 13.0 Å². The van der Waals surface area contributed by atoms with Crippen molar-refractivity contribution < 1.29 is 5.11 Å². The van der Waals surface area contributed by atoms with E-state index in [9.17, 15) is 5.11 Å². The third-order valence-corrected chi connectivity index (χ3v) is 2.70. The van der Waals surface area contributed by atoms with Crippen LogP contribution in [0.1, 0.15) is 30.4 Å². The average Bonchev–Trinajstić information content (AvgIpc) is 2.34. The van der Waals surface area contributed by atoms with Gasteiger partial charge in [-0.15, -0.1) is 10.2 Å². The Morgan fingerprint density at radius 3 is 2.50 bits per heavy atom. The summed E-state index contributed by atoms with van der Waals surface area (Å²) in [6.07, 6.45) is 1.73. The van der Waals surface area contributed by atoms with Crippen LogP contribution in [0.5, 0.6) is 0 Å². The van der Waals surface area contributed by atoms with Crippen LogP contribution in [0.3, 0.4) is 0 Å². The van der Waals surface area contributed by atoms with Gasteiger partial charge in [-0.25, -0.2) is 0 Å². The van der Waals surface area contributed by atoms with E-state index in [2.05, 4.69) is 10.2 Å². The highest BCUT2D eigenvalue weighted by atomic mass is 16.3. The lowest BCUT2D eigenvalue weighted by Gasteiger charge is -2.31. The van der Waals surface area contributed by atoms with Gasteiger partial charge in [-0.2, -0.15) is 0 Å². The summed E-state index contributed by atoms with van der Waals surface area (Å²) in [6, 6.07) is 0. The van der Waals surface area contributed by atoms with Crippen LogP contribution in [0, 0.1) is 6.92 Å². The van der Waals surface area contributed by atoms with Crippen LogP contribution in [-0.4, -0.2) is 26.0 Å². The topological polar surface area (TPSA) is 50.9 Å². The van der Waals surface area contributed by atoms with Crippen LogP contribution in [0.2, 0.25) is 0 Å². The molecular formula is C8H13N3O. The fraction of sp³-hybridized carbons (Fsp3) is 0.750. The number of hydrogen-bond donors (Lipinski definition) is 1. The Kier molecular flexibility index (Phi) is 1.65. The zero-order valence-electron chi connectivity index (χ0n) is 7.36. The number of rotatable bonds is 1. The fourth-order valence-corrected chi connectivity index (χ4v) is 1.53. The molecule has 0 bridgehead atoms. The zero-order valence-corrected chi connectivity index (χ0v) is 7.36. The van der Waals surface area contributed by atoms with E-state index < -0.39 is 0 Å². The largest absolute Gasteiger partial charge is 0.392 e. The maximum atomic E-state index is 9.41. The highest BCUT2D eigenvalue weighted by Gasteiger charge is 2.33. The number of aryl methyl sites for hydroxylation is 1. The molecule has 0 aromatic carbocycles. The molecule has 4 nitrogen and oxygen atoms in total. The van der Waals surface area contributed by atoms with Crippen LogP contribution in [0.15, 0.2) is 0 Å². The van der Waals surface area contributed by atoms with E-state index in [1.165, 1.54) is 0 Å². The van der Waals surface area contributed by atoms with E-state index in [4.69, 9.17) is 0 Å². The van der Waals surface area contributed by atoms with Gasteiger partial charge in [-0.05, 0) is 19.8 Å². The molecule has 4 heteroatoms. The summed E-state index contributed by atoms with van der Waals surface area (Å²) in [5, 5.41) is 17.4. The Balaban J connectivity index is 2.28. The Morgan fingerprint density at radius 1 is 1.42 bits per heavy atom. The van der Waals surface area contributed by atoms with Crippen molar-refractivity contribution >= 4 is 0 Å². The van der Waals surface area contributed by atoms with Crippen molar-refractivity contribution in [2.45, 2.75) is 31.8 Å². The molecule has 66 valence electrons. The number of hydrogen-bond acceptors (Lipinski definition) is 3. The third-order valence-electron chi connectivity index (χ3n) is 2.70. The average molecular weight is 167 g/mol. The molecule has 2 rings (SSSR count). The molecule has 1 aliphatic rings. The van der Waals surface area contributed by atoms with Crippen molar-refractivity contribution in [3.05, 3.63) is 11.6 Å². The van der Waals surface area contributed by atoms with E-state index in [1.807, 2.05) is 18.5 Å². The van der Waals surface area contributed by atoms with Crippen molar-refractivity contribution in [3.8, 4) is 0 Å². The summed E-state index contributed by atoms with van der Waals surface area (Å²) in [7, 11) is 1.94. The van der Waals surface area contributed by atoms with E-state index >= 15 is 0 Å². The molecule has 1 fully saturated rings. The number of aromatic nitrogens is 3. The van der Waals surface area contributed by atoms with Crippen molar-refractivity contribution in [2.75, 3.05) is 0 Å². The highest BCUT2D eigenvalue weighted by Crippen LogP contribution is 2.35. The van der Waals surface area contributed by atoms with Gasteiger partial charge in [0.25, 0.3) is 0 Å². The minimum Gasteiger partial charge on any atom is -0.392 e. The smallest absolute Gasteiger partial charge is 0.138 e. The van der Waals surface area contributed by atoms with Gasteiger partial charge < -0.3 is 9.67 Å². The standard InChI is InChI=1S/C8H13N3O/c1-5-9-10-8(11(5)2)6-3-4-7(6)12/h6-7,12H,3-4H2,1-2H3. The summed E-state index contributed by atoms with van der Waals surface area (Å²) < 4.78 is 1.95. The van der Waals surface area contributed by atoms with Gasteiger partial charge in [0.15, 0.2) is 0 Å². The van der Waals surface area contributed by atoms with E-state index in [-0.39, 0.29) is 12.0 Å². The first-order chi connectivity index (χ1) is 5.70. The minimum absolute atomic E-state index is 0.202. The second-order valence-corrected chi connectivity index (χ2v) is 3.42. The summed E-state index contributed by atoms with van der Waals surface area (Å²) in [4.78, 5) is 0. The van der Waals surface area contributed by atoms with Gasteiger partial charge in [-0.3, -0.25) is 0 Å². The first kappa shape index (κ1) is 7.73. The van der Waals surface area contributed by atoms with E-state index in [0.717, 1.165) is 24.5 Å². The van der Waals surface area contributed by atoms with Gasteiger partial charge in [0.05, 0.1) is 6.10 Å². The molecule has 0 radical (unpaired) electrons. The predicted molar refractivity (Wildman–Crippen MR) is 43.7 cm³/mol. The highest BCUT2D eigenvalue weighted by molar-refractivity contribution is 5.07. The molecule has 0 aliphatic heterocycles. The summed E-state index contributed by atoms with van der Waals surface area (Å²) in [5.41, 5.74) is 0. The molecule has 0 amide bonds. The molecule has 0 spiro atoms. The predicted octanol–water partition coefficient (Wildman–Crippen LogP) is 0.362. The molecule has 2 atom stereocenters. The van der Waals surface area contributed by atoms with Crippen LogP contribution in [0.25, 0.3) is 0 Å². The van der Waals surface area contributed by atoms with Crippen molar-refractivity contribution in [1.82, 2.24) is 14.8 Å². The lowest BCUT2D eigenvalue weighted by atomic mass is 9.81. The molecule has 1 N–H and O–H groups in total. The SMILES string of the molecule is Cc1nnc(C2CCC2O)n1C. The lowest BCUT2D eigenvalue weighted by Crippen LogP contribution is -2.31. The molecule has 2 unspecified atom stereocenters. The Hall–Kier alpha value is -0.900. The molecule has 1 aliphatic carbocycles. The van der Waals surface area contributed by atoms with Gasteiger partial charge >= 0.3 is 0 Å². The maximum Gasteiger partial charge on any atom is 0.138 e. The lowest BCUT2D eigenvalue weighted by molar-refractivity contribution is 0.0607. The number of aliphatic hydroxyl groups excluding tert-OH is 1. The molecule has 1 aromatic rings. The van der Waals surface area contributed by atoms with Gasteiger partial charge in [0.1, 0.15) is 11.6 Å². The second-order valence-electron chi connectivity index (χ2n) is 3.42. The van der Waals surface area contributed by atoms with Gasteiger partial charge in [0.2, 0.25) is 0 Å². The first-order valence-corrected chi connectivity index (χ1v) is 4.24. The minimum atomic E-state index is -0.202. The Bertz CT molecular complexity index is 294. The van der Waals surface area contributed by atoms with Crippen LogP contribution in [-0.2, 0) is 7.05 Å². The monoisotopic (exact) mass is 167 g/mol. The Morgan fingerprint density at radius 2 is 2.17 bits per heavy atom. The molecule has 0 saturated heterocycles.